The average molecular weight is 403 g/mol. The van der Waals surface area contributed by atoms with Crippen molar-refractivity contribution in [2.45, 2.75) is 79.7 Å². The van der Waals surface area contributed by atoms with Crippen LogP contribution < -0.4 is 5.32 Å². The summed E-state index contributed by atoms with van der Waals surface area (Å²) in [6.07, 6.45) is 3.86. The number of esters is 1. The standard InChI is InChI=1S/C22H34N4O3/c1-14(2)8-7-9-15(3)23-21(27)13-29-22(28)11-10-19-17(5)24-20-12-16(4)25-26(20)18(19)6/h12,14-15H,7-11,13H2,1-6H3,(H,23,27). The molecule has 0 aromatic carbocycles. The second-order valence-electron chi connectivity index (χ2n) is 8.27. The molecule has 0 bridgehead atoms. The molecule has 7 heteroatoms. The molecule has 0 saturated heterocycles. The van der Waals surface area contributed by atoms with Crippen molar-refractivity contribution in [3.05, 3.63) is 28.7 Å². The van der Waals surface area contributed by atoms with Crippen molar-refractivity contribution < 1.29 is 14.3 Å². The largest absolute Gasteiger partial charge is 0.456 e. The molecule has 0 fully saturated rings. The number of aromatic nitrogens is 3. The number of nitrogens with one attached hydrogen (secondary N) is 1. The number of rotatable bonds is 10. The van der Waals surface area contributed by atoms with Crippen LogP contribution >= 0.6 is 0 Å². The quantitative estimate of drug-likeness (QED) is 0.615. The van der Waals surface area contributed by atoms with Gasteiger partial charge in [0.25, 0.3) is 5.91 Å². The predicted octanol–water partition coefficient (Wildman–Crippen LogP) is 3.46. The van der Waals surface area contributed by atoms with E-state index in [1.807, 2.05) is 33.8 Å². The summed E-state index contributed by atoms with van der Waals surface area (Å²) in [6.45, 7) is 12.0. The van der Waals surface area contributed by atoms with E-state index in [1.54, 1.807) is 4.52 Å². The van der Waals surface area contributed by atoms with Crippen LogP contribution in [0, 0.1) is 26.7 Å². The van der Waals surface area contributed by atoms with Crippen molar-refractivity contribution in [3.8, 4) is 0 Å². The highest BCUT2D eigenvalue weighted by Crippen LogP contribution is 2.17. The summed E-state index contributed by atoms with van der Waals surface area (Å²) in [4.78, 5) is 28.6. The van der Waals surface area contributed by atoms with E-state index < -0.39 is 0 Å². The summed E-state index contributed by atoms with van der Waals surface area (Å²) in [7, 11) is 0. The molecule has 0 aliphatic heterocycles. The van der Waals surface area contributed by atoms with Gasteiger partial charge in [-0.25, -0.2) is 9.50 Å². The number of hydrogen-bond donors (Lipinski definition) is 1. The fraction of sp³-hybridized carbons (Fsp3) is 0.636. The molecule has 0 saturated carbocycles. The zero-order valence-electron chi connectivity index (χ0n) is 18.5. The first-order valence-electron chi connectivity index (χ1n) is 10.4. The van der Waals surface area contributed by atoms with E-state index >= 15 is 0 Å². The summed E-state index contributed by atoms with van der Waals surface area (Å²) in [6, 6.07) is 2.01. The van der Waals surface area contributed by atoms with Crippen molar-refractivity contribution in [1.29, 1.82) is 0 Å². The molecule has 0 radical (unpaired) electrons. The Hall–Kier alpha value is -2.44. The van der Waals surface area contributed by atoms with Crippen LogP contribution in [0.2, 0.25) is 0 Å². The molecule has 2 aromatic rings. The maximum absolute atomic E-state index is 12.1. The van der Waals surface area contributed by atoms with Gasteiger partial charge in [-0.2, -0.15) is 5.10 Å². The van der Waals surface area contributed by atoms with Crippen LogP contribution in [-0.4, -0.2) is 39.1 Å². The van der Waals surface area contributed by atoms with Crippen molar-refractivity contribution >= 4 is 17.5 Å². The van der Waals surface area contributed by atoms with Crippen LogP contribution in [0.4, 0.5) is 0 Å². The van der Waals surface area contributed by atoms with Gasteiger partial charge < -0.3 is 10.1 Å². The molecule has 29 heavy (non-hydrogen) atoms. The maximum atomic E-state index is 12.1. The predicted molar refractivity (Wildman–Crippen MR) is 113 cm³/mol. The van der Waals surface area contributed by atoms with Crippen molar-refractivity contribution in [2.24, 2.45) is 5.92 Å². The summed E-state index contributed by atoms with van der Waals surface area (Å²) < 4.78 is 6.95. The molecule has 7 nitrogen and oxygen atoms in total. The first kappa shape index (κ1) is 22.8. The van der Waals surface area contributed by atoms with E-state index in [-0.39, 0.29) is 30.9 Å². The second kappa shape index (κ2) is 10.4. The van der Waals surface area contributed by atoms with Crippen LogP contribution in [-0.2, 0) is 20.7 Å². The Balaban J connectivity index is 1.78. The monoisotopic (exact) mass is 402 g/mol. The fourth-order valence-electron chi connectivity index (χ4n) is 3.47. The van der Waals surface area contributed by atoms with Gasteiger partial charge in [0.2, 0.25) is 0 Å². The molecule has 1 atom stereocenters. The van der Waals surface area contributed by atoms with Crippen molar-refractivity contribution in [1.82, 2.24) is 19.9 Å². The lowest BCUT2D eigenvalue weighted by atomic mass is 10.0. The Morgan fingerprint density at radius 2 is 1.90 bits per heavy atom. The van der Waals surface area contributed by atoms with Gasteiger partial charge in [0, 0.05) is 29.9 Å². The molecule has 2 rings (SSSR count). The molecular weight excluding hydrogens is 368 g/mol. The molecule has 1 unspecified atom stereocenters. The van der Waals surface area contributed by atoms with E-state index in [9.17, 15) is 9.59 Å². The van der Waals surface area contributed by atoms with Gasteiger partial charge in [0.05, 0.1) is 5.69 Å². The Labute approximate surface area is 173 Å². The molecule has 2 heterocycles. The van der Waals surface area contributed by atoms with E-state index in [0.717, 1.165) is 47.6 Å². The van der Waals surface area contributed by atoms with E-state index in [0.29, 0.717) is 12.3 Å². The Kier molecular flexibility index (Phi) is 8.17. The van der Waals surface area contributed by atoms with Crippen LogP contribution in [0.15, 0.2) is 6.07 Å². The van der Waals surface area contributed by atoms with Crippen LogP contribution in [0.25, 0.3) is 5.65 Å². The van der Waals surface area contributed by atoms with Gasteiger partial charge >= 0.3 is 5.97 Å². The number of fused-ring (bicyclic) bond motifs is 1. The van der Waals surface area contributed by atoms with E-state index in [1.165, 1.54) is 0 Å². The molecular formula is C22H34N4O3. The minimum Gasteiger partial charge on any atom is -0.456 e. The van der Waals surface area contributed by atoms with Gasteiger partial charge in [-0.1, -0.05) is 26.7 Å². The fourth-order valence-corrected chi connectivity index (χ4v) is 3.47. The lowest BCUT2D eigenvalue weighted by Crippen LogP contribution is -2.35. The molecule has 0 aliphatic rings. The van der Waals surface area contributed by atoms with Gasteiger partial charge in [0.1, 0.15) is 0 Å². The first-order valence-corrected chi connectivity index (χ1v) is 10.4. The third-order valence-electron chi connectivity index (χ3n) is 5.06. The smallest absolute Gasteiger partial charge is 0.306 e. The van der Waals surface area contributed by atoms with E-state index in [4.69, 9.17) is 4.74 Å². The normalized spacial score (nSPS) is 12.4. The van der Waals surface area contributed by atoms with Crippen LogP contribution in [0.3, 0.4) is 0 Å². The van der Waals surface area contributed by atoms with Crippen molar-refractivity contribution in [2.75, 3.05) is 6.61 Å². The minimum absolute atomic E-state index is 0.0839. The highest BCUT2D eigenvalue weighted by molar-refractivity contribution is 5.80. The van der Waals surface area contributed by atoms with Gasteiger partial charge in [-0.15, -0.1) is 0 Å². The highest BCUT2D eigenvalue weighted by atomic mass is 16.5. The highest BCUT2D eigenvalue weighted by Gasteiger charge is 2.15. The van der Waals surface area contributed by atoms with Crippen LogP contribution in [0.1, 0.15) is 69.1 Å². The molecule has 1 N–H and O–H groups in total. The number of carbonyl (C=O) groups is 2. The molecule has 0 spiro atoms. The Bertz CT molecular complexity index is 857. The second-order valence-corrected chi connectivity index (χ2v) is 8.27. The van der Waals surface area contributed by atoms with Crippen LogP contribution in [0.5, 0.6) is 0 Å². The van der Waals surface area contributed by atoms with Crippen molar-refractivity contribution in [3.63, 3.8) is 0 Å². The lowest BCUT2D eigenvalue weighted by molar-refractivity contribution is -0.148. The first-order chi connectivity index (χ1) is 13.7. The minimum atomic E-state index is -0.386. The summed E-state index contributed by atoms with van der Waals surface area (Å²) in [5, 5.41) is 7.33. The van der Waals surface area contributed by atoms with Gasteiger partial charge in [-0.05, 0) is 52.0 Å². The Morgan fingerprint density at radius 1 is 1.17 bits per heavy atom. The summed E-state index contributed by atoms with van der Waals surface area (Å²) in [5.74, 6) is 0.0281. The third kappa shape index (κ3) is 6.84. The van der Waals surface area contributed by atoms with Gasteiger partial charge in [-0.3, -0.25) is 9.59 Å². The molecule has 160 valence electrons. The maximum Gasteiger partial charge on any atom is 0.306 e. The number of carbonyl (C=O) groups excluding carboxylic acids is 2. The number of aryl methyl sites for hydroxylation is 3. The molecule has 0 aliphatic carbocycles. The zero-order chi connectivity index (χ0) is 21.6. The van der Waals surface area contributed by atoms with Gasteiger partial charge in [0.15, 0.2) is 12.3 Å². The average Bonchev–Trinajstić information content (AvgIpc) is 2.99. The number of nitrogens with zero attached hydrogens (tertiary/aromatic N) is 3. The lowest BCUT2D eigenvalue weighted by Gasteiger charge is -2.15. The summed E-state index contributed by atoms with van der Waals surface area (Å²) >= 11 is 0. The Morgan fingerprint density at radius 3 is 2.59 bits per heavy atom. The van der Waals surface area contributed by atoms with E-state index in [2.05, 4.69) is 29.2 Å². The topological polar surface area (TPSA) is 85.6 Å². The third-order valence-corrected chi connectivity index (χ3v) is 5.06. The summed E-state index contributed by atoms with van der Waals surface area (Å²) in [5.41, 5.74) is 4.56. The number of amides is 1. The SMILES string of the molecule is Cc1cc2nc(C)c(CCC(=O)OCC(=O)NC(C)CCCC(C)C)c(C)n2n1. The molecule has 2 aromatic heterocycles. The number of hydrogen-bond acceptors (Lipinski definition) is 5. The molecule has 1 amide bonds. The zero-order valence-corrected chi connectivity index (χ0v) is 18.5. The number of ether oxygens (including phenoxy) is 1.